The molecule has 0 spiro atoms. The molecule has 0 saturated carbocycles. The summed E-state index contributed by atoms with van der Waals surface area (Å²) in [5, 5.41) is 11.0. The molecule has 18 nitrogen and oxygen atoms in total. The molecule has 0 fully saturated rings. The van der Waals surface area contributed by atoms with Gasteiger partial charge in [-0.3, -0.25) is 19.0 Å². The van der Waals surface area contributed by atoms with Crippen LogP contribution >= 0.6 is 11.8 Å². The molecule has 0 unspecified atom stereocenters. The Labute approximate surface area is 311 Å². The first-order valence-corrected chi connectivity index (χ1v) is 18.2. The average molecular weight is 760 g/mol. The molecule has 0 aliphatic heterocycles. The average Bonchev–Trinajstić information content (AvgIpc) is 3.40. The van der Waals surface area contributed by atoms with Crippen molar-refractivity contribution in [2.45, 2.75) is 84.5 Å². The molecule has 2 heterocycles. The Bertz CT molecular complexity index is 1790. The van der Waals surface area contributed by atoms with Crippen LogP contribution in [0.2, 0.25) is 0 Å². The lowest BCUT2D eigenvalue weighted by atomic mass is 10.1. The number of hydrogen-bond donors (Lipinski definition) is 6. The molecule has 0 aliphatic rings. The molecule has 290 valence electrons. The number of hydrogen-bond acceptors (Lipinski definition) is 14. The van der Waals surface area contributed by atoms with Crippen LogP contribution in [-0.4, -0.2) is 98.8 Å². The molecule has 3 aromatic rings. The number of benzene rings is 1. The Morgan fingerprint density at radius 3 is 2.42 bits per heavy atom. The van der Waals surface area contributed by atoms with Gasteiger partial charge in [-0.1, -0.05) is 25.5 Å². The maximum absolute atomic E-state index is 13.3. The molecule has 0 aliphatic carbocycles. The third kappa shape index (κ3) is 14.0. The maximum atomic E-state index is 13.3. The number of H-pyrrole nitrogens is 1. The summed E-state index contributed by atoms with van der Waals surface area (Å²) in [6.45, 7) is 9.30. The van der Waals surface area contributed by atoms with E-state index in [-0.39, 0.29) is 37.6 Å². The lowest BCUT2D eigenvalue weighted by molar-refractivity contribution is -0.145. The smallest absolute Gasteiger partial charge is 0.408 e. The quantitative estimate of drug-likeness (QED) is 0.0584. The lowest BCUT2D eigenvalue weighted by Gasteiger charge is -2.24. The van der Waals surface area contributed by atoms with Crippen LogP contribution in [0.25, 0.3) is 11.2 Å². The van der Waals surface area contributed by atoms with Crippen molar-refractivity contribution in [3.05, 3.63) is 40.3 Å². The molecule has 3 rings (SSSR count). The van der Waals surface area contributed by atoms with Gasteiger partial charge in [0.05, 0.1) is 13.7 Å². The van der Waals surface area contributed by atoms with Crippen molar-refractivity contribution >= 4 is 70.2 Å². The normalized spacial score (nSPS) is 12.3. The van der Waals surface area contributed by atoms with E-state index in [1.165, 1.54) is 23.3 Å². The second-order valence-corrected chi connectivity index (χ2v) is 14.1. The van der Waals surface area contributed by atoms with Crippen molar-refractivity contribution < 1.29 is 38.2 Å². The number of rotatable bonds is 19. The minimum absolute atomic E-state index is 0.0741. The zero-order valence-electron chi connectivity index (χ0n) is 30.8. The largest absolute Gasteiger partial charge is 0.467 e. The number of aromatic nitrogens is 4. The number of fused-ring (bicyclic) bond motifs is 1. The second-order valence-electron chi connectivity index (χ2n) is 12.9. The predicted molar refractivity (Wildman–Crippen MR) is 200 cm³/mol. The Balaban J connectivity index is 1.62. The zero-order valence-corrected chi connectivity index (χ0v) is 31.6. The number of imidazole rings is 1. The number of nitrogens with two attached hydrogens (primary N) is 1. The number of anilines is 3. The molecule has 0 radical (unpaired) electrons. The number of aromatic amines is 1. The van der Waals surface area contributed by atoms with Crippen LogP contribution in [0.4, 0.5) is 22.2 Å². The first-order valence-electron chi connectivity index (χ1n) is 17.1. The molecular formula is C34H49N9O9S. The summed E-state index contributed by atoms with van der Waals surface area (Å²) in [4.78, 5) is 86.5. The summed E-state index contributed by atoms with van der Waals surface area (Å²) in [7, 11) is 1.15. The van der Waals surface area contributed by atoms with Gasteiger partial charge in [-0.15, -0.1) is 0 Å². The Morgan fingerprint density at radius 1 is 1.06 bits per heavy atom. The Morgan fingerprint density at radius 2 is 1.77 bits per heavy atom. The van der Waals surface area contributed by atoms with E-state index >= 15 is 0 Å². The van der Waals surface area contributed by atoms with Crippen molar-refractivity contribution in [1.82, 2.24) is 30.2 Å². The number of esters is 2. The number of methoxy groups -OCH3 is 1. The first-order chi connectivity index (χ1) is 25.1. The monoisotopic (exact) mass is 759 g/mol. The van der Waals surface area contributed by atoms with Gasteiger partial charge in [-0.05, 0) is 51.3 Å². The summed E-state index contributed by atoms with van der Waals surface area (Å²) >= 11 is 1.24. The van der Waals surface area contributed by atoms with Gasteiger partial charge in [-0.2, -0.15) is 21.7 Å². The molecule has 1 aromatic carbocycles. The molecule has 2 atom stereocenters. The van der Waals surface area contributed by atoms with Crippen molar-refractivity contribution in [2.75, 3.05) is 48.1 Å². The minimum Gasteiger partial charge on any atom is -0.467 e. The van der Waals surface area contributed by atoms with Crippen LogP contribution in [0, 0.1) is 0 Å². The molecule has 53 heavy (non-hydrogen) atoms. The highest BCUT2D eigenvalue weighted by atomic mass is 32.2. The van der Waals surface area contributed by atoms with E-state index in [4.69, 9.17) is 19.9 Å². The van der Waals surface area contributed by atoms with E-state index in [2.05, 4.69) is 43.1 Å². The SMILES string of the molecule is CCCCNc1nc(N)c2[nH]c(=O)n(Cc3ccc(NC(=O)CC[C@H](NC(=O)[C@H](CSCCOC(C)=O)NC(=O)OC(C)(C)C)C(=O)OC)cc3)c2n1. The fourth-order valence-corrected chi connectivity index (χ4v) is 5.61. The van der Waals surface area contributed by atoms with Crippen molar-refractivity contribution in [3.63, 3.8) is 0 Å². The fourth-order valence-electron chi connectivity index (χ4n) is 4.77. The zero-order chi connectivity index (χ0) is 39.1. The molecule has 3 amide bonds. The first kappa shape index (κ1) is 42.1. The Hall–Kier alpha value is -5.33. The van der Waals surface area contributed by atoms with Crippen LogP contribution in [0.3, 0.4) is 0 Å². The molecule has 19 heteroatoms. The summed E-state index contributed by atoms with van der Waals surface area (Å²) in [6, 6.07) is 4.49. The number of thioether (sulfide) groups is 1. The molecule has 2 aromatic heterocycles. The van der Waals surface area contributed by atoms with Gasteiger partial charge in [0.2, 0.25) is 17.8 Å². The topological polar surface area (TPSA) is 251 Å². The van der Waals surface area contributed by atoms with Gasteiger partial charge >= 0.3 is 23.7 Å². The van der Waals surface area contributed by atoms with E-state index in [1.54, 1.807) is 45.0 Å². The number of nitrogens with one attached hydrogen (secondary N) is 5. The number of unbranched alkanes of at least 4 members (excludes halogenated alkanes) is 1. The van der Waals surface area contributed by atoms with Crippen molar-refractivity contribution in [1.29, 1.82) is 0 Å². The third-order valence-corrected chi connectivity index (χ3v) is 8.35. The van der Waals surface area contributed by atoms with Gasteiger partial charge in [0.1, 0.15) is 29.8 Å². The van der Waals surface area contributed by atoms with Gasteiger partial charge < -0.3 is 46.2 Å². The minimum atomic E-state index is -1.20. The van der Waals surface area contributed by atoms with Gasteiger partial charge in [0.25, 0.3) is 0 Å². The van der Waals surface area contributed by atoms with Crippen LogP contribution in [0.1, 0.15) is 65.9 Å². The predicted octanol–water partition coefficient (Wildman–Crippen LogP) is 2.53. The summed E-state index contributed by atoms with van der Waals surface area (Å²) < 4.78 is 16.5. The van der Waals surface area contributed by atoms with Crippen LogP contribution in [0.15, 0.2) is 29.1 Å². The van der Waals surface area contributed by atoms with Gasteiger partial charge in [0.15, 0.2) is 11.5 Å². The number of ether oxygens (including phenoxy) is 3. The van der Waals surface area contributed by atoms with Gasteiger partial charge in [0, 0.05) is 37.1 Å². The molecular weight excluding hydrogens is 710 g/mol. The van der Waals surface area contributed by atoms with Crippen LogP contribution in [-0.2, 0) is 39.9 Å². The highest BCUT2D eigenvalue weighted by molar-refractivity contribution is 7.99. The maximum Gasteiger partial charge on any atom is 0.408 e. The number of nitrogens with zero attached hydrogens (tertiary/aromatic N) is 3. The van der Waals surface area contributed by atoms with Crippen molar-refractivity contribution in [3.8, 4) is 0 Å². The number of amides is 3. The summed E-state index contributed by atoms with van der Waals surface area (Å²) in [5.74, 6) is -1.45. The summed E-state index contributed by atoms with van der Waals surface area (Å²) in [6.07, 6.45) is 0.800. The van der Waals surface area contributed by atoms with Gasteiger partial charge in [-0.25, -0.2) is 14.4 Å². The van der Waals surface area contributed by atoms with E-state index in [0.717, 1.165) is 25.5 Å². The second kappa shape index (κ2) is 20.1. The van der Waals surface area contributed by atoms with E-state index in [1.807, 2.05) is 0 Å². The fraction of sp³-hybridized carbons (Fsp3) is 0.529. The van der Waals surface area contributed by atoms with Crippen molar-refractivity contribution in [2.24, 2.45) is 0 Å². The lowest BCUT2D eigenvalue weighted by Crippen LogP contribution is -2.53. The number of carbonyl (C=O) groups is 5. The van der Waals surface area contributed by atoms with Crippen LogP contribution in [0.5, 0.6) is 0 Å². The van der Waals surface area contributed by atoms with Crippen LogP contribution < -0.4 is 32.7 Å². The van der Waals surface area contributed by atoms with E-state index < -0.39 is 53.2 Å². The number of nitrogen functional groups attached to an aromatic ring is 1. The molecule has 7 N–H and O–H groups in total. The molecule has 0 bridgehead atoms. The van der Waals surface area contributed by atoms with E-state index in [0.29, 0.717) is 35.1 Å². The highest BCUT2D eigenvalue weighted by Gasteiger charge is 2.29. The Kier molecular flexibility index (Phi) is 15.9. The summed E-state index contributed by atoms with van der Waals surface area (Å²) in [5.41, 5.74) is 6.76. The number of carbonyl (C=O) groups excluding carboxylic acids is 5. The highest BCUT2D eigenvalue weighted by Crippen LogP contribution is 2.19. The number of alkyl carbamates (subject to hydrolysis) is 1. The van der Waals surface area contributed by atoms with E-state index in [9.17, 15) is 28.8 Å². The standard InChI is InChI=1S/C34H49N9O9S/c1-7-8-15-36-31-41-27(35)26-28(42-31)43(32(48)40-26)18-21-9-11-22(12-10-21)37-25(45)14-13-23(30(47)50-6)38-29(46)24(19-53-17-16-51-20(2)44)39-33(49)52-34(3,4)5/h9-12,23-24H,7-8,13-19H2,1-6H3,(H,37,45)(H,38,46)(H,39,49)(H,40,48)(H3,35,36,41,42)/t23-,24-/m0/s1. The molecule has 0 saturated heterocycles. The third-order valence-electron chi connectivity index (χ3n) is 7.33.